The predicted molar refractivity (Wildman–Crippen MR) is 80.4 cm³/mol. The van der Waals surface area contributed by atoms with Crippen LogP contribution >= 0.6 is 0 Å². The van der Waals surface area contributed by atoms with E-state index in [1.807, 2.05) is 31.2 Å². The lowest BCUT2D eigenvalue weighted by Gasteiger charge is -2.04. The van der Waals surface area contributed by atoms with Crippen molar-refractivity contribution in [1.29, 1.82) is 0 Å². The van der Waals surface area contributed by atoms with Crippen LogP contribution in [0, 0.1) is 12.7 Å². The summed E-state index contributed by atoms with van der Waals surface area (Å²) in [5.41, 5.74) is 2.79. The van der Waals surface area contributed by atoms with Crippen LogP contribution in [0.5, 0.6) is 0 Å². The number of hydrogen-bond acceptors (Lipinski definition) is 3. The van der Waals surface area contributed by atoms with Crippen LogP contribution < -0.4 is 5.32 Å². The van der Waals surface area contributed by atoms with E-state index in [9.17, 15) is 4.39 Å². The number of aromatic nitrogens is 1. The highest BCUT2D eigenvalue weighted by Gasteiger charge is 2.05. The second kappa shape index (κ2) is 5.79. The Bertz CT molecular complexity index is 717. The zero-order valence-electron chi connectivity index (χ0n) is 11.6. The maximum Gasteiger partial charge on any atom is 0.134 e. The summed E-state index contributed by atoms with van der Waals surface area (Å²) in [6, 6.07) is 14.0. The maximum atomic E-state index is 12.9. The maximum absolute atomic E-state index is 12.9. The molecule has 1 aromatic carbocycles. The lowest BCUT2D eigenvalue weighted by Crippen LogP contribution is -1.98. The van der Waals surface area contributed by atoms with Gasteiger partial charge in [0.1, 0.15) is 17.3 Å². The molecule has 0 saturated carbocycles. The van der Waals surface area contributed by atoms with E-state index in [4.69, 9.17) is 4.42 Å². The molecule has 3 aromatic rings. The molecule has 1 N–H and O–H groups in total. The molecule has 3 nitrogen and oxygen atoms in total. The average Bonchev–Trinajstić information content (AvgIpc) is 2.96. The first-order chi connectivity index (χ1) is 10.2. The van der Waals surface area contributed by atoms with Crippen LogP contribution in [0.4, 0.5) is 10.1 Å². The zero-order valence-corrected chi connectivity index (χ0v) is 11.6. The number of pyridine rings is 1. The normalized spacial score (nSPS) is 10.6. The van der Waals surface area contributed by atoms with Crippen molar-refractivity contribution in [2.24, 2.45) is 0 Å². The van der Waals surface area contributed by atoms with Crippen molar-refractivity contribution in [3.8, 4) is 11.3 Å². The molecule has 0 aliphatic heterocycles. The molecule has 0 amide bonds. The van der Waals surface area contributed by atoms with Crippen molar-refractivity contribution < 1.29 is 8.81 Å². The van der Waals surface area contributed by atoms with Crippen LogP contribution in [-0.4, -0.2) is 4.98 Å². The van der Waals surface area contributed by atoms with E-state index < -0.39 is 0 Å². The monoisotopic (exact) mass is 282 g/mol. The van der Waals surface area contributed by atoms with Gasteiger partial charge in [0, 0.05) is 11.3 Å². The highest BCUT2D eigenvalue weighted by molar-refractivity contribution is 5.57. The van der Waals surface area contributed by atoms with E-state index in [0.29, 0.717) is 6.54 Å². The summed E-state index contributed by atoms with van der Waals surface area (Å²) in [6.45, 7) is 2.53. The summed E-state index contributed by atoms with van der Waals surface area (Å²) in [6.07, 6.45) is 1.79. The highest BCUT2D eigenvalue weighted by Crippen LogP contribution is 2.22. The lowest BCUT2D eigenvalue weighted by molar-refractivity contribution is 0.531. The predicted octanol–water partition coefficient (Wildman–Crippen LogP) is 4.40. The molecule has 0 bridgehead atoms. The van der Waals surface area contributed by atoms with Gasteiger partial charge in [-0.25, -0.2) is 4.39 Å². The van der Waals surface area contributed by atoms with E-state index in [-0.39, 0.29) is 5.82 Å². The Kier molecular flexibility index (Phi) is 3.69. The Morgan fingerprint density at radius 2 is 1.86 bits per heavy atom. The van der Waals surface area contributed by atoms with Gasteiger partial charge in [0.2, 0.25) is 0 Å². The van der Waals surface area contributed by atoms with Crippen molar-refractivity contribution in [1.82, 2.24) is 4.98 Å². The number of aryl methyl sites for hydroxylation is 1. The Morgan fingerprint density at radius 3 is 2.57 bits per heavy atom. The van der Waals surface area contributed by atoms with Gasteiger partial charge in [0.05, 0.1) is 18.4 Å². The highest BCUT2D eigenvalue weighted by atomic mass is 19.1. The molecule has 2 aromatic heterocycles. The molecule has 21 heavy (non-hydrogen) atoms. The summed E-state index contributed by atoms with van der Waals surface area (Å²) < 4.78 is 18.6. The Hall–Kier alpha value is -2.62. The van der Waals surface area contributed by atoms with Gasteiger partial charge in [0.25, 0.3) is 0 Å². The van der Waals surface area contributed by atoms with Crippen molar-refractivity contribution in [2.75, 3.05) is 5.32 Å². The minimum atomic E-state index is -0.251. The molecule has 4 heteroatoms. The molecule has 106 valence electrons. The Labute approximate surface area is 122 Å². The molecule has 0 fully saturated rings. The smallest absolute Gasteiger partial charge is 0.134 e. The largest absolute Gasteiger partial charge is 0.459 e. The zero-order chi connectivity index (χ0) is 14.7. The third-order valence-electron chi connectivity index (χ3n) is 3.17. The van der Waals surface area contributed by atoms with E-state index in [0.717, 1.165) is 28.5 Å². The van der Waals surface area contributed by atoms with Gasteiger partial charge in [-0.2, -0.15) is 0 Å². The number of nitrogens with one attached hydrogen (secondary N) is 1. The van der Waals surface area contributed by atoms with Crippen molar-refractivity contribution in [3.05, 3.63) is 72.0 Å². The number of furan rings is 1. The first-order valence-corrected chi connectivity index (χ1v) is 6.72. The second-order valence-electron chi connectivity index (χ2n) is 4.81. The molecule has 0 unspecified atom stereocenters. The molecule has 0 radical (unpaired) electrons. The average molecular weight is 282 g/mol. The van der Waals surface area contributed by atoms with E-state index in [1.165, 1.54) is 12.1 Å². The summed E-state index contributed by atoms with van der Waals surface area (Å²) in [7, 11) is 0. The molecular formula is C17H15FN2O. The van der Waals surface area contributed by atoms with Crippen LogP contribution in [-0.2, 0) is 6.54 Å². The number of anilines is 1. The van der Waals surface area contributed by atoms with Crippen molar-refractivity contribution in [2.45, 2.75) is 13.5 Å². The standard InChI is InChI=1S/C17H15FN2O/c1-12-2-7-15(10-19-12)20-11-16-8-9-17(21-16)13-3-5-14(18)6-4-13/h2-10,20H,11H2,1H3. The Balaban J connectivity index is 1.67. The summed E-state index contributed by atoms with van der Waals surface area (Å²) in [4.78, 5) is 4.22. The summed E-state index contributed by atoms with van der Waals surface area (Å²) in [5, 5.41) is 3.25. The van der Waals surface area contributed by atoms with Crippen LogP contribution in [0.3, 0.4) is 0 Å². The van der Waals surface area contributed by atoms with Gasteiger partial charge in [-0.15, -0.1) is 0 Å². The summed E-state index contributed by atoms with van der Waals surface area (Å²) >= 11 is 0. The van der Waals surface area contributed by atoms with Crippen LogP contribution in [0.2, 0.25) is 0 Å². The van der Waals surface area contributed by atoms with Gasteiger partial charge in [-0.1, -0.05) is 0 Å². The van der Waals surface area contributed by atoms with E-state index >= 15 is 0 Å². The third kappa shape index (κ3) is 3.28. The molecule has 0 aliphatic rings. The molecule has 0 aliphatic carbocycles. The fourth-order valence-corrected chi connectivity index (χ4v) is 2.00. The Morgan fingerprint density at radius 1 is 1.05 bits per heavy atom. The number of nitrogens with zero attached hydrogens (tertiary/aromatic N) is 1. The number of rotatable bonds is 4. The molecule has 0 spiro atoms. The summed E-state index contributed by atoms with van der Waals surface area (Å²) in [5.74, 6) is 1.29. The lowest BCUT2D eigenvalue weighted by atomic mass is 10.2. The fraction of sp³-hybridized carbons (Fsp3) is 0.118. The minimum absolute atomic E-state index is 0.251. The third-order valence-corrected chi connectivity index (χ3v) is 3.17. The first-order valence-electron chi connectivity index (χ1n) is 6.72. The van der Waals surface area contributed by atoms with Gasteiger partial charge in [-0.05, 0) is 55.5 Å². The molecule has 0 atom stereocenters. The second-order valence-corrected chi connectivity index (χ2v) is 4.81. The van der Waals surface area contributed by atoms with Gasteiger partial charge < -0.3 is 9.73 Å². The molecule has 3 rings (SSSR count). The van der Waals surface area contributed by atoms with Crippen LogP contribution in [0.15, 0.2) is 59.1 Å². The van der Waals surface area contributed by atoms with Gasteiger partial charge >= 0.3 is 0 Å². The van der Waals surface area contributed by atoms with Crippen molar-refractivity contribution >= 4 is 5.69 Å². The number of halogens is 1. The number of hydrogen-bond donors (Lipinski definition) is 1. The fourth-order valence-electron chi connectivity index (χ4n) is 2.00. The molecule has 2 heterocycles. The van der Waals surface area contributed by atoms with Crippen LogP contribution in [0.25, 0.3) is 11.3 Å². The number of benzene rings is 1. The van der Waals surface area contributed by atoms with Gasteiger partial charge in [0.15, 0.2) is 0 Å². The van der Waals surface area contributed by atoms with Crippen molar-refractivity contribution in [3.63, 3.8) is 0 Å². The minimum Gasteiger partial charge on any atom is -0.459 e. The topological polar surface area (TPSA) is 38.1 Å². The first kappa shape index (κ1) is 13.4. The van der Waals surface area contributed by atoms with Gasteiger partial charge in [-0.3, -0.25) is 4.98 Å². The van der Waals surface area contributed by atoms with E-state index in [1.54, 1.807) is 18.3 Å². The van der Waals surface area contributed by atoms with E-state index in [2.05, 4.69) is 10.3 Å². The quantitative estimate of drug-likeness (QED) is 0.770. The molecule has 0 saturated heterocycles. The van der Waals surface area contributed by atoms with Crippen LogP contribution in [0.1, 0.15) is 11.5 Å². The molecular weight excluding hydrogens is 267 g/mol. The SMILES string of the molecule is Cc1ccc(NCc2ccc(-c3ccc(F)cc3)o2)cn1.